The normalized spacial score (nSPS) is 17.7. The predicted molar refractivity (Wildman–Crippen MR) is 73.3 cm³/mol. The number of fused-ring (bicyclic) bond motifs is 1. The zero-order chi connectivity index (χ0) is 12.5. The zero-order valence-electron chi connectivity index (χ0n) is 10.2. The predicted octanol–water partition coefficient (Wildman–Crippen LogP) is 2.80. The number of para-hydroxylation sites is 3. The van der Waals surface area contributed by atoms with Gasteiger partial charge in [0, 0.05) is 12.7 Å². The average molecular weight is 238 g/mol. The molecular formula is C15H14N2O. The molecule has 0 fully saturated rings. The number of benzene rings is 2. The number of nitrogens with zero attached hydrogens (tertiary/aromatic N) is 2. The Hall–Kier alpha value is -2.29. The minimum Gasteiger partial charge on any atom is -0.346 e. The highest BCUT2D eigenvalue weighted by Gasteiger charge is 2.33. The highest BCUT2D eigenvalue weighted by atomic mass is 16.1. The second-order valence-electron chi connectivity index (χ2n) is 4.35. The molecule has 3 heteroatoms. The van der Waals surface area contributed by atoms with E-state index < -0.39 is 0 Å². The summed E-state index contributed by atoms with van der Waals surface area (Å²) >= 11 is 0. The first-order valence-electron chi connectivity index (χ1n) is 5.94. The van der Waals surface area contributed by atoms with Gasteiger partial charge in [-0.05, 0) is 24.3 Å². The number of carbonyl (C=O) groups excluding carboxylic acids is 1. The summed E-state index contributed by atoms with van der Waals surface area (Å²) in [6, 6.07) is 18.1. The summed E-state index contributed by atoms with van der Waals surface area (Å²) in [4.78, 5) is 15.4. The van der Waals surface area contributed by atoms with E-state index in [9.17, 15) is 4.79 Å². The van der Waals surface area contributed by atoms with Gasteiger partial charge in [-0.2, -0.15) is 0 Å². The van der Waals surface area contributed by atoms with Crippen LogP contribution in [0.5, 0.6) is 0 Å². The third-order valence-electron chi connectivity index (χ3n) is 3.34. The average Bonchev–Trinajstić information content (AvgIpc) is 2.73. The number of likely N-dealkylation sites (N-methyl/N-ethyl adjacent to an activating group) is 1. The topological polar surface area (TPSA) is 23.6 Å². The molecule has 0 saturated carbocycles. The molecule has 0 radical (unpaired) electrons. The summed E-state index contributed by atoms with van der Waals surface area (Å²) in [7, 11) is 1.95. The molecule has 2 aromatic rings. The first kappa shape index (κ1) is 10.8. The van der Waals surface area contributed by atoms with Gasteiger partial charge in [-0.25, -0.2) is 0 Å². The molecule has 1 aliphatic rings. The Labute approximate surface area is 106 Å². The van der Waals surface area contributed by atoms with Crippen LogP contribution in [0.4, 0.5) is 17.1 Å². The lowest BCUT2D eigenvalue weighted by Crippen LogP contribution is -2.39. The molecule has 0 aromatic heterocycles. The van der Waals surface area contributed by atoms with Crippen LogP contribution in [-0.2, 0) is 4.79 Å². The molecule has 1 unspecified atom stereocenters. The van der Waals surface area contributed by atoms with Crippen LogP contribution in [0.25, 0.3) is 0 Å². The first-order valence-corrected chi connectivity index (χ1v) is 5.94. The van der Waals surface area contributed by atoms with Gasteiger partial charge in [0.1, 0.15) is 0 Å². The number of aldehydes is 1. The molecule has 1 aliphatic heterocycles. The first-order chi connectivity index (χ1) is 8.83. The van der Waals surface area contributed by atoms with Gasteiger partial charge in [-0.1, -0.05) is 30.3 Å². The fourth-order valence-corrected chi connectivity index (χ4v) is 2.46. The molecule has 18 heavy (non-hydrogen) atoms. The van der Waals surface area contributed by atoms with Crippen LogP contribution < -0.4 is 9.80 Å². The molecule has 0 bridgehead atoms. The smallest absolute Gasteiger partial charge is 0.163 e. The van der Waals surface area contributed by atoms with Crippen LogP contribution in [0.15, 0.2) is 54.6 Å². The van der Waals surface area contributed by atoms with E-state index in [1.807, 2.05) is 66.5 Å². The summed E-state index contributed by atoms with van der Waals surface area (Å²) in [5.41, 5.74) is 3.19. The third-order valence-corrected chi connectivity index (χ3v) is 3.34. The van der Waals surface area contributed by atoms with Crippen molar-refractivity contribution in [2.75, 3.05) is 16.8 Å². The Bertz CT molecular complexity index is 568. The molecule has 1 heterocycles. The number of hydrogen-bond acceptors (Lipinski definition) is 3. The lowest BCUT2D eigenvalue weighted by molar-refractivity contribution is -0.108. The minimum atomic E-state index is -0.273. The molecule has 3 nitrogen and oxygen atoms in total. The van der Waals surface area contributed by atoms with Gasteiger partial charge in [0.05, 0.1) is 11.4 Å². The third kappa shape index (κ3) is 1.48. The Kier molecular flexibility index (Phi) is 2.52. The summed E-state index contributed by atoms with van der Waals surface area (Å²) in [6.07, 6.45) is 0.706. The minimum absolute atomic E-state index is 0.273. The van der Waals surface area contributed by atoms with Gasteiger partial charge >= 0.3 is 0 Å². The van der Waals surface area contributed by atoms with Crippen molar-refractivity contribution in [3.05, 3.63) is 54.6 Å². The molecule has 0 saturated heterocycles. The van der Waals surface area contributed by atoms with Crippen LogP contribution in [0.2, 0.25) is 0 Å². The maximum Gasteiger partial charge on any atom is 0.163 e. The Morgan fingerprint density at radius 2 is 1.56 bits per heavy atom. The molecule has 0 aliphatic carbocycles. The largest absolute Gasteiger partial charge is 0.346 e. The van der Waals surface area contributed by atoms with Gasteiger partial charge in [-0.3, -0.25) is 4.79 Å². The van der Waals surface area contributed by atoms with Crippen molar-refractivity contribution >= 4 is 23.3 Å². The molecular weight excluding hydrogens is 224 g/mol. The summed E-state index contributed by atoms with van der Waals surface area (Å²) in [5, 5.41) is 0. The number of rotatable bonds is 2. The van der Waals surface area contributed by atoms with Crippen molar-refractivity contribution in [3.8, 4) is 0 Å². The second-order valence-corrected chi connectivity index (χ2v) is 4.35. The van der Waals surface area contributed by atoms with Crippen LogP contribution in [0.1, 0.15) is 0 Å². The van der Waals surface area contributed by atoms with Gasteiger partial charge in [0.15, 0.2) is 12.5 Å². The van der Waals surface area contributed by atoms with E-state index >= 15 is 0 Å². The molecule has 3 rings (SSSR count). The van der Waals surface area contributed by atoms with E-state index in [-0.39, 0.29) is 6.17 Å². The molecule has 1 atom stereocenters. The molecule has 0 spiro atoms. The Balaban J connectivity index is 2.15. The molecule has 2 aromatic carbocycles. The summed E-state index contributed by atoms with van der Waals surface area (Å²) in [6.45, 7) is 0. The van der Waals surface area contributed by atoms with Crippen molar-refractivity contribution in [1.29, 1.82) is 0 Å². The molecule has 0 amide bonds. The highest BCUT2D eigenvalue weighted by molar-refractivity contribution is 5.90. The van der Waals surface area contributed by atoms with Crippen LogP contribution in [0.3, 0.4) is 0 Å². The fourth-order valence-electron chi connectivity index (χ4n) is 2.46. The van der Waals surface area contributed by atoms with E-state index in [2.05, 4.69) is 4.90 Å². The SMILES string of the molecule is CN1c2ccccc2N(c2ccccc2)C1C=O. The van der Waals surface area contributed by atoms with E-state index in [1.165, 1.54) is 0 Å². The number of anilines is 3. The number of hydrogen-bond donors (Lipinski definition) is 0. The van der Waals surface area contributed by atoms with Crippen LogP contribution in [0, 0.1) is 0 Å². The van der Waals surface area contributed by atoms with Crippen LogP contribution in [-0.4, -0.2) is 19.5 Å². The second kappa shape index (κ2) is 4.18. The van der Waals surface area contributed by atoms with E-state index in [0.29, 0.717) is 0 Å². The van der Waals surface area contributed by atoms with E-state index in [4.69, 9.17) is 0 Å². The Morgan fingerprint density at radius 1 is 0.944 bits per heavy atom. The van der Waals surface area contributed by atoms with Gasteiger partial charge in [0.25, 0.3) is 0 Å². The van der Waals surface area contributed by atoms with Gasteiger partial charge in [0.2, 0.25) is 0 Å². The highest BCUT2D eigenvalue weighted by Crippen LogP contribution is 2.42. The number of carbonyl (C=O) groups is 1. The standard InChI is InChI=1S/C15H14N2O/c1-16-13-9-5-6-10-14(13)17(15(16)11-18)12-7-3-2-4-8-12/h2-11,15H,1H3. The van der Waals surface area contributed by atoms with Crippen LogP contribution >= 0.6 is 0 Å². The maximum absolute atomic E-state index is 11.4. The Morgan fingerprint density at radius 3 is 2.22 bits per heavy atom. The fraction of sp³-hybridized carbons (Fsp3) is 0.133. The van der Waals surface area contributed by atoms with Crippen molar-refractivity contribution in [2.45, 2.75) is 6.17 Å². The zero-order valence-corrected chi connectivity index (χ0v) is 10.2. The van der Waals surface area contributed by atoms with Crippen molar-refractivity contribution in [3.63, 3.8) is 0 Å². The lowest BCUT2D eigenvalue weighted by atomic mass is 10.2. The van der Waals surface area contributed by atoms with Gasteiger partial charge < -0.3 is 9.80 Å². The van der Waals surface area contributed by atoms with E-state index in [1.54, 1.807) is 0 Å². The summed E-state index contributed by atoms with van der Waals surface area (Å²) in [5.74, 6) is 0. The quantitative estimate of drug-likeness (QED) is 0.752. The lowest BCUT2D eigenvalue weighted by Gasteiger charge is -2.26. The summed E-state index contributed by atoms with van der Waals surface area (Å²) < 4.78 is 0. The molecule has 0 N–H and O–H groups in total. The monoisotopic (exact) mass is 238 g/mol. The van der Waals surface area contributed by atoms with Gasteiger partial charge in [-0.15, -0.1) is 0 Å². The maximum atomic E-state index is 11.4. The van der Waals surface area contributed by atoms with E-state index in [0.717, 1.165) is 23.3 Å². The molecule has 90 valence electrons. The van der Waals surface area contributed by atoms with Crippen molar-refractivity contribution < 1.29 is 4.79 Å². The van der Waals surface area contributed by atoms with Crippen molar-refractivity contribution in [2.24, 2.45) is 0 Å². The van der Waals surface area contributed by atoms with Crippen molar-refractivity contribution in [1.82, 2.24) is 0 Å².